The summed E-state index contributed by atoms with van der Waals surface area (Å²) in [5.74, 6) is -1.51. The van der Waals surface area contributed by atoms with Crippen LogP contribution in [0.4, 0.5) is 0 Å². The van der Waals surface area contributed by atoms with Crippen LogP contribution in [0.3, 0.4) is 0 Å². The van der Waals surface area contributed by atoms with Gasteiger partial charge in [-0.3, -0.25) is 29.2 Å². The van der Waals surface area contributed by atoms with Crippen LogP contribution in [0, 0.1) is 56.7 Å². The quantitative estimate of drug-likeness (QED) is 0.139. The number of aliphatic carboxylic acids is 3. The van der Waals surface area contributed by atoms with Gasteiger partial charge in [-0.25, -0.2) is 0 Å². The maximum atomic E-state index is 14.9. The summed E-state index contributed by atoms with van der Waals surface area (Å²) in [5.41, 5.74) is 1.05. The van der Waals surface area contributed by atoms with Crippen molar-refractivity contribution < 1.29 is 44.4 Å². The highest BCUT2D eigenvalue weighted by Gasteiger charge is 2.69. The summed E-state index contributed by atoms with van der Waals surface area (Å²) >= 11 is 0. The molecule has 6 rings (SSSR count). The summed E-state index contributed by atoms with van der Waals surface area (Å²) in [6.45, 7) is 18.9. The molecule has 0 aromatic heterocycles. The Morgan fingerprint density at radius 3 is 2.02 bits per heavy atom. The number of carbonyl (C=O) groups is 5. The summed E-state index contributed by atoms with van der Waals surface area (Å²) in [6, 6.07) is -0.907. The van der Waals surface area contributed by atoms with E-state index in [1.165, 1.54) is 5.57 Å². The second-order valence-corrected chi connectivity index (χ2v) is 22.2. The minimum Gasteiger partial charge on any atom is -0.549 e. The third-order valence-corrected chi connectivity index (χ3v) is 19.0. The molecule has 5 fully saturated rings. The summed E-state index contributed by atoms with van der Waals surface area (Å²) < 4.78 is 0. The molecule has 1 amide bonds. The predicted molar refractivity (Wildman–Crippen MR) is 236 cm³/mol. The second-order valence-electron chi connectivity index (χ2n) is 22.2. The Balaban J connectivity index is 1.17. The number of amides is 1. The molecule has 0 radical (unpaired) electrons. The fraction of sp³-hybridized carbons (Fsp3) is 0.857. The van der Waals surface area contributed by atoms with Crippen LogP contribution in [-0.4, -0.2) is 151 Å². The Kier molecular flexibility index (Phi) is 15.3. The second kappa shape index (κ2) is 19.5. The van der Waals surface area contributed by atoms with Crippen molar-refractivity contribution in [2.75, 3.05) is 78.5 Å². The minimum absolute atomic E-state index is 0.0339. The number of hydrogen-bond acceptors (Lipinski definition) is 12. The molecule has 0 aromatic rings. The van der Waals surface area contributed by atoms with E-state index in [1.54, 1.807) is 9.80 Å². The summed E-state index contributed by atoms with van der Waals surface area (Å²) in [7, 11) is 0. The van der Waals surface area contributed by atoms with Crippen molar-refractivity contribution >= 4 is 30.1 Å². The van der Waals surface area contributed by atoms with Crippen molar-refractivity contribution in [2.24, 2.45) is 56.7 Å². The van der Waals surface area contributed by atoms with Crippen molar-refractivity contribution in [3.63, 3.8) is 0 Å². The van der Waals surface area contributed by atoms with Gasteiger partial charge in [-0.1, -0.05) is 60.1 Å². The number of rotatable bonds is 13. The van der Waals surface area contributed by atoms with Crippen LogP contribution in [0.2, 0.25) is 0 Å². The van der Waals surface area contributed by atoms with Gasteiger partial charge in [0, 0.05) is 72.0 Å². The van der Waals surface area contributed by atoms with Gasteiger partial charge >= 0.3 is 5.97 Å². The Morgan fingerprint density at radius 1 is 0.810 bits per heavy atom. The zero-order valence-electron chi connectivity index (χ0n) is 39.5. The molecule has 1 heterocycles. The number of aldehydes is 1. The molecular formula is C49H79N5O9-2. The molecule has 0 bridgehead atoms. The number of nitrogens with one attached hydrogen (secondary N) is 1. The van der Waals surface area contributed by atoms with Gasteiger partial charge in [0.1, 0.15) is 12.3 Å². The third-order valence-electron chi connectivity index (χ3n) is 19.0. The molecule has 14 heteroatoms. The van der Waals surface area contributed by atoms with Crippen molar-refractivity contribution in [2.45, 2.75) is 131 Å². The van der Waals surface area contributed by atoms with Crippen molar-refractivity contribution in [3.8, 4) is 0 Å². The molecule has 1 aliphatic heterocycles. The molecule has 14 nitrogen and oxygen atoms in total. The predicted octanol–water partition coefficient (Wildman–Crippen LogP) is 2.27. The number of hydrogen-bond donors (Lipinski definition) is 3. The number of allylic oxidation sites excluding steroid dienone is 2. The van der Waals surface area contributed by atoms with E-state index in [0.717, 1.165) is 64.1 Å². The third kappa shape index (κ3) is 9.54. The van der Waals surface area contributed by atoms with Crippen LogP contribution < -0.4 is 15.5 Å². The van der Waals surface area contributed by atoms with Gasteiger partial charge in [-0.2, -0.15) is 0 Å². The molecule has 63 heavy (non-hydrogen) atoms. The Bertz CT molecular complexity index is 1720. The molecular weight excluding hydrogens is 803 g/mol. The molecule has 0 spiro atoms. The molecule has 1 saturated heterocycles. The van der Waals surface area contributed by atoms with Crippen molar-refractivity contribution in [1.82, 2.24) is 24.9 Å². The van der Waals surface area contributed by atoms with Crippen LogP contribution in [0.5, 0.6) is 0 Å². The zero-order valence-corrected chi connectivity index (χ0v) is 39.5. The largest absolute Gasteiger partial charge is 0.549 e. The van der Waals surface area contributed by atoms with Crippen LogP contribution in [-0.2, 0) is 24.0 Å². The molecule has 3 unspecified atom stereocenters. The lowest BCUT2D eigenvalue weighted by Gasteiger charge is -2.71. The maximum absolute atomic E-state index is 14.9. The maximum Gasteiger partial charge on any atom is 0.320 e. The smallest absolute Gasteiger partial charge is 0.320 e. The topological polar surface area (TPSA) is 197 Å². The number of carboxylic acids is 3. The highest BCUT2D eigenvalue weighted by atomic mass is 16.4. The van der Waals surface area contributed by atoms with Crippen LogP contribution in [0.25, 0.3) is 0 Å². The van der Waals surface area contributed by atoms with Crippen LogP contribution in [0.1, 0.15) is 119 Å². The monoisotopic (exact) mass is 882 g/mol. The van der Waals surface area contributed by atoms with E-state index >= 15 is 0 Å². The zero-order chi connectivity index (χ0) is 46.1. The highest BCUT2D eigenvalue weighted by molar-refractivity contribution is 5.84. The van der Waals surface area contributed by atoms with Gasteiger partial charge in [-0.15, -0.1) is 0 Å². The van der Waals surface area contributed by atoms with E-state index in [2.05, 4.69) is 59.9 Å². The molecule has 5 aliphatic carbocycles. The molecule has 4 saturated carbocycles. The van der Waals surface area contributed by atoms with E-state index in [0.29, 0.717) is 62.8 Å². The summed E-state index contributed by atoms with van der Waals surface area (Å²) in [6.07, 6.45) is 12.6. The first-order valence-corrected chi connectivity index (χ1v) is 24.3. The molecule has 3 N–H and O–H groups in total. The van der Waals surface area contributed by atoms with E-state index < -0.39 is 29.4 Å². The molecule has 6 aliphatic rings. The Hall–Kier alpha value is -2.91. The normalized spacial score (nSPS) is 38.8. The number of nitrogens with zero attached hydrogens (tertiary/aromatic N) is 4. The fourth-order valence-corrected chi connectivity index (χ4v) is 14.8. The van der Waals surface area contributed by atoms with Gasteiger partial charge in [0.25, 0.3) is 0 Å². The number of carbonyl (C=O) groups excluding carboxylic acids is 4. The lowest BCUT2D eigenvalue weighted by atomic mass is 9.33. The van der Waals surface area contributed by atoms with Crippen molar-refractivity contribution in [3.05, 3.63) is 11.6 Å². The first kappa shape index (κ1) is 49.5. The first-order valence-electron chi connectivity index (χ1n) is 24.3. The number of carboxylic acid groups (broad SMARTS) is 3. The van der Waals surface area contributed by atoms with Gasteiger partial charge in [-0.05, 0) is 122 Å². The van der Waals surface area contributed by atoms with E-state index in [1.807, 2.05) is 9.80 Å². The summed E-state index contributed by atoms with van der Waals surface area (Å²) in [4.78, 5) is 69.6. The van der Waals surface area contributed by atoms with E-state index in [4.69, 9.17) is 0 Å². The average Bonchev–Trinajstić information content (AvgIpc) is 3.20. The fourth-order valence-electron chi connectivity index (χ4n) is 14.8. The Morgan fingerprint density at radius 2 is 1.41 bits per heavy atom. The minimum atomic E-state index is -1.28. The van der Waals surface area contributed by atoms with Gasteiger partial charge in [0.2, 0.25) is 5.91 Å². The van der Waals surface area contributed by atoms with Crippen molar-refractivity contribution in [1.29, 1.82) is 0 Å². The lowest BCUT2D eigenvalue weighted by Crippen LogP contribution is -2.66. The lowest BCUT2D eigenvalue weighted by molar-refractivity contribution is -0.308. The van der Waals surface area contributed by atoms with Gasteiger partial charge in [0.15, 0.2) is 0 Å². The summed E-state index contributed by atoms with van der Waals surface area (Å²) in [5, 5.41) is 48.2. The number of aliphatic hydroxyl groups is 1. The average molecular weight is 882 g/mol. The molecule has 0 aromatic carbocycles. The first-order chi connectivity index (χ1) is 29.6. The number of fused-ring (bicyclic) bond motifs is 7. The number of aliphatic hydroxyl groups excluding tert-OH is 1. The molecule has 11 atom stereocenters. The molecule has 356 valence electrons. The van der Waals surface area contributed by atoms with E-state index in [9.17, 15) is 44.4 Å². The SMILES string of the molecule is C[C@@H]1[C@H](C)CC[C@@]2(C(=O)NCCCC(C(=O)O)N3CCN(CC=O)CCN(CC(=O)[O-])CCN(CC(=O)[O-])CC3)CC[C@]3(C)C(=CCC4[C@]5(C)CC[C@@H](O)C(C)(C)C5CC[C@@]43C)[C@@H]12. The van der Waals surface area contributed by atoms with Gasteiger partial charge < -0.3 is 40.1 Å². The Labute approximate surface area is 376 Å². The highest BCUT2D eigenvalue weighted by Crippen LogP contribution is 2.75. The van der Waals surface area contributed by atoms with Crippen LogP contribution in [0.15, 0.2) is 11.6 Å². The van der Waals surface area contributed by atoms with Gasteiger partial charge in [0.05, 0.1) is 30.0 Å². The van der Waals surface area contributed by atoms with Crippen LogP contribution >= 0.6 is 0 Å². The standard InChI is InChI=1S/C49H81N5O9/c1-33-12-17-49(19-18-47(6)35(42(49)34(33)2)10-11-38-46(5)15-14-39(56)45(3,4)37(46)13-16-48(38,47)7)44(63)50-20-8-9-36(43(61)62)54-27-25-51(29-30-55)21-22-52(31-40(57)58)23-24-53(26-28-54)32-41(59)60/h10,30,33-34,36-39,42,56H,8-9,11-29,31-32H2,1-7H3,(H,50,63)(H,57,58)(H,59,60)(H,61,62)/p-2/t33-,34-,36?,37?,38?,39-,42-,46-,47-,48+,49-/m1/s1. The van der Waals surface area contributed by atoms with E-state index in [-0.39, 0.29) is 91.8 Å².